The highest BCUT2D eigenvalue weighted by atomic mass is 16.6. The summed E-state index contributed by atoms with van der Waals surface area (Å²) in [6, 6.07) is 8.27. The van der Waals surface area contributed by atoms with E-state index in [0.717, 1.165) is 24.9 Å². The lowest BCUT2D eigenvalue weighted by Gasteiger charge is -2.38. The van der Waals surface area contributed by atoms with Gasteiger partial charge in [-0.2, -0.15) is 0 Å². The third-order valence-electron chi connectivity index (χ3n) is 5.03. The van der Waals surface area contributed by atoms with Crippen molar-refractivity contribution < 1.29 is 14.3 Å². The number of hydrogen-bond acceptors (Lipinski definition) is 3. The van der Waals surface area contributed by atoms with Crippen LogP contribution in [0.4, 0.5) is 4.79 Å². The number of carbonyl (C=O) groups is 2. The van der Waals surface area contributed by atoms with Gasteiger partial charge in [0.25, 0.3) is 0 Å². The summed E-state index contributed by atoms with van der Waals surface area (Å²) in [5.41, 5.74) is 1.80. The maximum Gasteiger partial charge on any atom is 0.410 e. The molecule has 1 aromatic rings. The van der Waals surface area contributed by atoms with E-state index in [1.165, 1.54) is 5.56 Å². The van der Waals surface area contributed by atoms with Crippen molar-refractivity contribution in [1.82, 2.24) is 9.80 Å². The van der Waals surface area contributed by atoms with Crippen molar-refractivity contribution in [2.75, 3.05) is 26.7 Å². The van der Waals surface area contributed by atoms with Crippen molar-refractivity contribution in [3.8, 4) is 0 Å². The maximum absolute atomic E-state index is 12.7. The quantitative estimate of drug-likeness (QED) is 0.856. The molecule has 0 aliphatic carbocycles. The number of benzene rings is 1. The van der Waals surface area contributed by atoms with Gasteiger partial charge in [-0.3, -0.25) is 4.79 Å². The zero-order valence-corrected chi connectivity index (χ0v) is 14.7. The Bertz CT molecular complexity index is 626. The summed E-state index contributed by atoms with van der Waals surface area (Å²) in [5.74, 6) is 0.600. The number of amides is 2. The van der Waals surface area contributed by atoms with Gasteiger partial charge in [-0.1, -0.05) is 38.1 Å². The van der Waals surface area contributed by atoms with Crippen LogP contribution in [0.2, 0.25) is 0 Å². The second kappa shape index (κ2) is 6.46. The van der Waals surface area contributed by atoms with Crippen LogP contribution in [0, 0.1) is 0 Å². The normalized spacial score (nSPS) is 23.9. The lowest BCUT2D eigenvalue weighted by Crippen LogP contribution is -2.52. The van der Waals surface area contributed by atoms with Crippen LogP contribution in [-0.2, 0) is 16.0 Å². The van der Waals surface area contributed by atoms with Gasteiger partial charge in [0.05, 0.1) is 19.5 Å². The molecule has 0 bridgehead atoms. The molecule has 5 heteroatoms. The average Bonchev–Trinajstić information content (AvgIpc) is 2.81. The Hall–Kier alpha value is -2.04. The summed E-state index contributed by atoms with van der Waals surface area (Å²) in [5, 5.41) is 0. The second-order valence-electron chi connectivity index (χ2n) is 7.40. The van der Waals surface area contributed by atoms with E-state index in [9.17, 15) is 9.59 Å². The molecule has 1 atom stereocenters. The predicted molar refractivity (Wildman–Crippen MR) is 91.9 cm³/mol. The van der Waals surface area contributed by atoms with E-state index in [0.29, 0.717) is 25.4 Å². The number of hydrogen-bond donors (Lipinski definition) is 0. The number of ether oxygens (including phenoxy) is 1. The number of likely N-dealkylation sites (N-methyl/N-ethyl adjacent to an activating group) is 1. The van der Waals surface area contributed by atoms with Crippen LogP contribution in [0.1, 0.15) is 43.7 Å². The minimum Gasteiger partial charge on any atom is -0.439 e. The fourth-order valence-electron chi connectivity index (χ4n) is 3.62. The van der Waals surface area contributed by atoms with Crippen LogP contribution in [-0.4, -0.2) is 54.1 Å². The molecule has 0 radical (unpaired) electrons. The molecule has 2 aliphatic heterocycles. The van der Waals surface area contributed by atoms with Gasteiger partial charge in [-0.05, 0) is 29.9 Å². The molecule has 0 unspecified atom stereocenters. The standard InChI is InChI=1S/C19H26N2O3/c1-14(2)16-7-5-15(6-8-16)11-17(22)21-10-4-9-19(13-21)12-20(3)18(23)24-19/h5-8,14H,4,9-13H2,1-3H3/t19-/m0/s1. The van der Waals surface area contributed by atoms with Crippen LogP contribution in [0.5, 0.6) is 0 Å². The minimum atomic E-state index is -0.513. The van der Waals surface area contributed by atoms with Crippen LogP contribution >= 0.6 is 0 Å². The average molecular weight is 330 g/mol. The maximum atomic E-state index is 12.7. The lowest BCUT2D eigenvalue weighted by atomic mass is 9.92. The van der Waals surface area contributed by atoms with Crippen LogP contribution in [0.15, 0.2) is 24.3 Å². The third kappa shape index (κ3) is 3.40. The van der Waals surface area contributed by atoms with E-state index in [4.69, 9.17) is 4.74 Å². The van der Waals surface area contributed by atoms with E-state index < -0.39 is 5.60 Å². The Labute approximate surface area is 143 Å². The summed E-state index contributed by atoms with van der Waals surface area (Å²) >= 11 is 0. The highest BCUT2D eigenvalue weighted by molar-refractivity contribution is 5.79. The molecule has 2 heterocycles. The minimum absolute atomic E-state index is 0.108. The summed E-state index contributed by atoms with van der Waals surface area (Å²) in [4.78, 5) is 27.8. The number of rotatable bonds is 3. The molecule has 2 fully saturated rings. The largest absolute Gasteiger partial charge is 0.439 e. The lowest BCUT2D eigenvalue weighted by molar-refractivity contribution is -0.136. The smallest absolute Gasteiger partial charge is 0.410 e. The van der Waals surface area contributed by atoms with Gasteiger partial charge >= 0.3 is 6.09 Å². The molecule has 2 aliphatic rings. The molecule has 1 aromatic carbocycles. The van der Waals surface area contributed by atoms with Crippen LogP contribution in [0.25, 0.3) is 0 Å². The molecular weight excluding hydrogens is 304 g/mol. The molecule has 130 valence electrons. The van der Waals surface area contributed by atoms with E-state index in [-0.39, 0.29) is 12.0 Å². The Kier molecular flexibility index (Phi) is 4.52. The SMILES string of the molecule is CC(C)c1ccc(CC(=O)N2CCC[C@]3(CN(C)C(=O)O3)C2)cc1. The first-order chi connectivity index (χ1) is 11.4. The van der Waals surface area contributed by atoms with Crippen molar-refractivity contribution >= 4 is 12.0 Å². The molecule has 1 spiro atoms. The number of likely N-dealkylation sites (tertiary alicyclic amines) is 1. The van der Waals surface area contributed by atoms with Gasteiger partial charge in [-0.25, -0.2) is 4.79 Å². The monoisotopic (exact) mass is 330 g/mol. The summed E-state index contributed by atoms with van der Waals surface area (Å²) < 4.78 is 5.57. The highest BCUT2D eigenvalue weighted by Gasteiger charge is 2.47. The van der Waals surface area contributed by atoms with Gasteiger partial charge < -0.3 is 14.5 Å². The molecule has 0 saturated carbocycles. The van der Waals surface area contributed by atoms with Crippen molar-refractivity contribution in [2.24, 2.45) is 0 Å². The van der Waals surface area contributed by atoms with Gasteiger partial charge in [-0.15, -0.1) is 0 Å². The van der Waals surface area contributed by atoms with Gasteiger partial charge in [0.2, 0.25) is 5.91 Å². The summed E-state index contributed by atoms with van der Waals surface area (Å²) in [6.07, 6.45) is 1.82. The third-order valence-corrected chi connectivity index (χ3v) is 5.03. The Morgan fingerprint density at radius 3 is 2.54 bits per heavy atom. The fraction of sp³-hybridized carbons (Fsp3) is 0.579. The Morgan fingerprint density at radius 1 is 1.25 bits per heavy atom. The fourth-order valence-corrected chi connectivity index (χ4v) is 3.62. The van der Waals surface area contributed by atoms with Crippen molar-refractivity contribution in [1.29, 1.82) is 0 Å². The molecule has 0 aromatic heterocycles. The topological polar surface area (TPSA) is 49.9 Å². The molecule has 2 saturated heterocycles. The van der Waals surface area contributed by atoms with Crippen molar-refractivity contribution in [3.05, 3.63) is 35.4 Å². The summed E-state index contributed by atoms with van der Waals surface area (Å²) in [7, 11) is 1.74. The summed E-state index contributed by atoms with van der Waals surface area (Å²) in [6.45, 7) is 6.14. The number of nitrogens with zero attached hydrogens (tertiary/aromatic N) is 2. The van der Waals surface area contributed by atoms with Gasteiger partial charge in [0.1, 0.15) is 5.60 Å². The molecule has 2 amide bonds. The van der Waals surface area contributed by atoms with E-state index in [1.54, 1.807) is 11.9 Å². The predicted octanol–water partition coefficient (Wildman–Crippen LogP) is 2.80. The van der Waals surface area contributed by atoms with E-state index >= 15 is 0 Å². The Morgan fingerprint density at radius 2 is 1.96 bits per heavy atom. The van der Waals surface area contributed by atoms with Crippen molar-refractivity contribution in [2.45, 2.75) is 44.6 Å². The first-order valence-electron chi connectivity index (χ1n) is 8.69. The molecule has 24 heavy (non-hydrogen) atoms. The zero-order valence-electron chi connectivity index (χ0n) is 14.7. The second-order valence-corrected chi connectivity index (χ2v) is 7.40. The first-order valence-corrected chi connectivity index (χ1v) is 8.69. The highest BCUT2D eigenvalue weighted by Crippen LogP contribution is 2.31. The molecule has 0 N–H and O–H groups in total. The van der Waals surface area contributed by atoms with Crippen LogP contribution < -0.4 is 0 Å². The Balaban J connectivity index is 1.63. The van der Waals surface area contributed by atoms with E-state index in [2.05, 4.69) is 26.0 Å². The van der Waals surface area contributed by atoms with Crippen LogP contribution in [0.3, 0.4) is 0 Å². The molecule has 5 nitrogen and oxygen atoms in total. The number of piperidine rings is 1. The molecular formula is C19H26N2O3. The van der Waals surface area contributed by atoms with E-state index in [1.807, 2.05) is 17.0 Å². The van der Waals surface area contributed by atoms with Gasteiger partial charge in [0.15, 0.2) is 0 Å². The van der Waals surface area contributed by atoms with Gasteiger partial charge in [0, 0.05) is 13.6 Å². The molecule has 3 rings (SSSR count). The zero-order chi connectivity index (χ0) is 17.3. The van der Waals surface area contributed by atoms with Crippen molar-refractivity contribution in [3.63, 3.8) is 0 Å². The first kappa shape index (κ1) is 16.8. The number of carbonyl (C=O) groups excluding carboxylic acids is 2.